The second-order valence-corrected chi connectivity index (χ2v) is 4.43. The minimum atomic E-state index is 0.0599. The fourth-order valence-corrected chi connectivity index (χ4v) is 2.12. The lowest BCUT2D eigenvalue weighted by molar-refractivity contribution is -0.122. The van der Waals surface area contributed by atoms with Gasteiger partial charge >= 0.3 is 0 Å². The van der Waals surface area contributed by atoms with Crippen molar-refractivity contribution < 1.29 is 9.53 Å². The van der Waals surface area contributed by atoms with Crippen LogP contribution in [0.2, 0.25) is 0 Å². The molecule has 1 aromatic heterocycles. The van der Waals surface area contributed by atoms with E-state index in [9.17, 15) is 4.79 Å². The van der Waals surface area contributed by atoms with Crippen molar-refractivity contribution >= 4 is 11.7 Å². The zero-order chi connectivity index (χ0) is 12.8. The van der Waals surface area contributed by atoms with E-state index in [0.29, 0.717) is 13.0 Å². The molecular formula is C13H19N3O2. The number of amides is 1. The topological polar surface area (TPSA) is 54.5 Å². The molecule has 1 N–H and O–H groups in total. The zero-order valence-corrected chi connectivity index (χ0v) is 10.6. The van der Waals surface area contributed by atoms with Gasteiger partial charge in [-0.15, -0.1) is 0 Å². The average Bonchev–Trinajstić information content (AvgIpc) is 2.86. The van der Waals surface area contributed by atoms with E-state index in [1.54, 1.807) is 13.3 Å². The van der Waals surface area contributed by atoms with Gasteiger partial charge < -0.3 is 15.0 Å². The number of nitrogens with one attached hydrogen (secondary N) is 1. The fourth-order valence-electron chi connectivity index (χ4n) is 2.12. The summed E-state index contributed by atoms with van der Waals surface area (Å²) in [5, 5.41) is 3.03. The maximum absolute atomic E-state index is 11.6. The van der Waals surface area contributed by atoms with Gasteiger partial charge in [0.1, 0.15) is 5.82 Å². The van der Waals surface area contributed by atoms with Crippen LogP contribution in [0.5, 0.6) is 0 Å². The molecule has 98 valence electrons. The highest BCUT2D eigenvalue weighted by Crippen LogP contribution is 2.17. The maximum Gasteiger partial charge on any atom is 0.222 e. The van der Waals surface area contributed by atoms with Gasteiger partial charge in [-0.3, -0.25) is 4.79 Å². The monoisotopic (exact) mass is 249 g/mol. The molecule has 5 nitrogen and oxygen atoms in total. The number of nitrogens with zero attached hydrogens (tertiary/aromatic N) is 2. The largest absolute Gasteiger partial charge is 0.384 e. The minimum Gasteiger partial charge on any atom is -0.384 e. The molecule has 18 heavy (non-hydrogen) atoms. The summed E-state index contributed by atoms with van der Waals surface area (Å²) in [6, 6.07) is 6.10. The molecule has 0 saturated carbocycles. The first kappa shape index (κ1) is 12.8. The van der Waals surface area contributed by atoms with Crippen LogP contribution in [-0.2, 0) is 9.53 Å². The van der Waals surface area contributed by atoms with E-state index in [1.165, 1.54) is 0 Å². The Balaban J connectivity index is 1.80. The Kier molecular flexibility index (Phi) is 4.52. The van der Waals surface area contributed by atoms with Crippen molar-refractivity contribution in [2.24, 2.45) is 0 Å². The molecule has 1 unspecified atom stereocenters. The summed E-state index contributed by atoms with van der Waals surface area (Å²) in [7, 11) is 1.60. The second kappa shape index (κ2) is 6.35. The number of hydrogen-bond acceptors (Lipinski definition) is 4. The number of hydrogen-bond donors (Lipinski definition) is 1. The smallest absolute Gasteiger partial charge is 0.222 e. The first-order valence-corrected chi connectivity index (χ1v) is 6.24. The van der Waals surface area contributed by atoms with Crippen molar-refractivity contribution in [1.29, 1.82) is 0 Å². The molecule has 1 amide bonds. The standard InChI is InChI=1S/C13H19N3O2/c1-18-9-6-13(17)15-11-5-8-16(10-11)12-4-2-3-7-14-12/h2-4,7,11H,5-6,8-10H2,1H3,(H,15,17). The summed E-state index contributed by atoms with van der Waals surface area (Å²) in [6.07, 6.45) is 3.19. The lowest BCUT2D eigenvalue weighted by Gasteiger charge is -2.17. The Morgan fingerprint density at radius 1 is 1.61 bits per heavy atom. The highest BCUT2D eigenvalue weighted by atomic mass is 16.5. The molecule has 1 atom stereocenters. The first-order chi connectivity index (χ1) is 8.79. The van der Waals surface area contributed by atoms with Crippen LogP contribution in [0.1, 0.15) is 12.8 Å². The molecule has 0 radical (unpaired) electrons. The Morgan fingerprint density at radius 3 is 3.22 bits per heavy atom. The number of anilines is 1. The number of ether oxygens (including phenoxy) is 1. The van der Waals surface area contributed by atoms with Crippen LogP contribution >= 0.6 is 0 Å². The third-order valence-corrected chi connectivity index (χ3v) is 3.06. The number of rotatable bonds is 5. The molecule has 0 aromatic carbocycles. The SMILES string of the molecule is COCCC(=O)NC1CCN(c2ccccn2)C1. The van der Waals surface area contributed by atoms with E-state index in [0.717, 1.165) is 25.3 Å². The van der Waals surface area contributed by atoms with Gasteiger partial charge in [-0.25, -0.2) is 4.98 Å². The Bertz CT molecular complexity index is 383. The van der Waals surface area contributed by atoms with Crippen molar-refractivity contribution in [2.45, 2.75) is 18.9 Å². The summed E-state index contributed by atoms with van der Waals surface area (Å²) in [5.41, 5.74) is 0. The lowest BCUT2D eigenvalue weighted by atomic mass is 10.2. The van der Waals surface area contributed by atoms with E-state index in [2.05, 4.69) is 15.2 Å². The molecule has 5 heteroatoms. The van der Waals surface area contributed by atoms with E-state index in [-0.39, 0.29) is 11.9 Å². The van der Waals surface area contributed by atoms with Crippen molar-refractivity contribution in [3.8, 4) is 0 Å². The predicted octanol–water partition coefficient (Wildman–Crippen LogP) is 0.813. The molecular weight excluding hydrogens is 230 g/mol. The molecule has 0 spiro atoms. The van der Waals surface area contributed by atoms with Crippen molar-refractivity contribution in [2.75, 3.05) is 31.7 Å². The molecule has 1 aliphatic rings. The van der Waals surface area contributed by atoms with E-state index < -0.39 is 0 Å². The summed E-state index contributed by atoms with van der Waals surface area (Å²) in [6.45, 7) is 2.24. The van der Waals surface area contributed by atoms with Crippen molar-refractivity contribution in [3.05, 3.63) is 24.4 Å². The molecule has 0 bridgehead atoms. The first-order valence-electron chi connectivity index (χ1n) is 6.24. The third kappa shape index (κ3) is 3.43. The van der Waals surface area contributed by atoms with Crippen LogP contribution in [0.15, 0.2) is 24.4 Å². The van der Waals surface area contributed by atoms with Crippen LogP contribution in [0, 0.1) is 0 Å². The number of aromatic nitrogens is 1. The van der Waals surface area contributed by atoms with E-state index in [4.69, 9.17) is 4.74 Å². The van der Waals surface area contributed by atoms with E-state index in [1.807, 2.05) is 18.2 Å². The highest BCUT2D eigenvalue weighted by Gasteiger charge is 2.24. The van der Waals surface area contributed by atoms with Crippen LogP contribution in [0.4, 0.5) is 5.82 Å². The van der Waals surface area contributed by atoms with Gasteiger partial charge in [0.25, 0.3) is 0 Å². The van der Waals surface area contributed by atoms with Crippen LogP contribution in [0.25, 0.3) is 0 Å². The lowest BCUT2D eigenvalue weighted by Crippen LogP contribution is -2.37. The predicted molar refractivity (Wildman–Crippen MR) is 69.5 cm³/mol. The Hall–Kier alpha value is -1.62. The normalized spacial score (nSPS) is 18.9. The molecule has 1 saturated heterocycles. The van der Waals surface area contributed by atoms with Gasteiger partial charge in [-0.1, -0.05) is 6.07 Å². The van der Waals surface area contributed by atoms with E-state index >= 15 is 0 Å². The Labute approximate surface area is 107 Å². The van der Waals surface area contributed by atoms with Crippen LogP contribution in [-0.4, -0.2) is 43.7 Å². The number of carbonyl (C=O) groups is 1. The van der Waals surface area contributed by atoms with Gasteiger partial charge in [-0.05, 0) is 18.6 Å². The summed E-state index contributed by atoms with van der Waals surface area (Å²) < 4.78 is 4.89. The molecule has 1 aliphatic heterocycles. The third-order valence-electron chi connectivity index (χ3n) is 3.06. The average molecular weight is 249 g/mol. The number of carbonyl (C=O) groups excluding carboxylic acids is 1. The fraction of sp³-hybridized carbons (Fsp3) is 0.538. The molecule has 1 aromatic rings. The van der Waals surface area contributed by atoms with Gasteiger partial charge in [0, 0.05) is 38.9 Å². The molecule has 1 fully saturated rings. The highest BCUT2D eigenvalue weighted by molar-refractivity contribution is 5.76. The van der Waals surface area contributed by atoms with Crippen LogP contribution < -0.4 is 10.2 Å². The maximum atomic E-state index is 11.6. The minimum absolute atomic E-state index is 0.0599. The summed E-state index contributed by atoms with van der Waals surface area (Å²) >= 11 is 0. The van der Waals surface area contributed by atoms with Gasteiger partial charge in [0.15, 0.2) is 0 Å². The molecule has 0 aliphatic carbocycles. The molecule has 2 heterocycles. The second-order valence-electron chi connectivity index (χ2n) is 4.43. The van der Waals surface area contributed by atoms with Gasteiger partial charge in [-0.2, -0.15) is 0 Å². The van der Waals surface area contributed by atoms with Gasteiger partial charge in [0.2, 0.25) is 5.91 Å². The van der Waals surface area contributed by atoms with Crippen LogP contribution in [0.3, 0.4) is 0 Å². The summed E-state index contributed by atoms with van der Waals surface area (Å²) in [5.74, 6) is 1.04. The Morgan fingerprint density at radius 2 is 2.50 bits per heavy atom. The quantitative estimate of drug-likeness (QED) is 0.839. The van der Waals surface area contributed by atoms with Crippen molar-refractivity contribution in [3.63, 3.8) is 0 Å². The molecule has 2 rings (SSSR count). The summed E-state index contributed by atoms with van der Waals surface area (Å²) in [4.78, 5) is 18.1. The van der Waals surface area contributed by atoms with Crippen molar-refractivity contribution in [1.82, 2.24) is 10.3 Å². The number of pyridine rings is 1. The zero-order valence-electron chi connectivity index (χ0n) is 10.6. The number of methoxy groups -OCH3 is 1. The van der Waals surface area contributed by atoms with Gasteiger partial charge in [0.05, 0.1) is 6.61 Å².